The molecule has 0 radical (unpaired) electrons. The molecule has 1 aliphatic rings. The van der Waals surface area contributed by atoms with Gasteiger partial charge in [0.05, 0.1) is 6.54 Å². The van der Waals surface area contributed by atoms with Gasteiger partial charge in [-0.3, -0.25) is 9.69 Å². The lowest BCUT2D eigenvalue weighted by atomic mass is 10.1. The van der Waals surface area contributed by atoms with Gasteiger partial charge in [-0.15, -0.1) is 0 Å². The van der Waals surface area contributed by atoms with Gasteiger partial charge in [0.25, 0.3) is 0 Å². The number of hydrogen-bond acceptors (Lipinski definition) is 3. The minimum atomic E-state index is 0.146. The molecule has 1 fully saturated rings. The lowest BCUT2D eigenvalue weighted by Crippen LogP contribution is -2.46. The third kappa shape index (κ3) is 4.62. The average Bonchev–Trinajstić information content (AvgIpc) is 2.17. The fourth-order valence-electron chi connectivity index (χ4n) is 1.95. The quantitative estimate of drug-likeness (QED) is 0.701. The number of amides is 1. The monoisotopic (exact) mass is 213 g/mol. The molecular formula is C11H23N3O. The zero-order valence-corrected chi connectivity index (χ0v) is 10.0. The van der Waals surface area contributed by atoms with Crippen molar-refractivity contribution in [2.24, 2.45) is 0 Å². The third-order valence-electron chi connectivity index (χ3n) is 2.81. The Hall–Kier alpha value is -0.610. The Bertz CT molecular complexity index is 198. The number of carbonyl (C=O) groups excluding carboxylic acids is 1. The van der Waals surface area contributed by atoms with E-state index in [-0.39, 0.29) is 11.9 Å². The molecule has 0 atom stereocenters. The van der Waals surface area contributed by atoms with Crippen LogP contribution in [-0.2, 0) is 4.79 Å². The number of nitrogens with zero attached hydrogens (tertiary/aromatic N) is 1. The molecule has 0 aliphatic carbocycles. The Kier molecular flexibility index (Phi) is 5.05. The van der Waals surface area contributed by atoms with Gasteiger partial charge in [-0.1, -0.05) is 0 Å². The highest BCUT2D eigenvalue weighted by Crippen LogP contribution is 2.08. The Balaban J connectivity index is 2.20. The maximum atomic E-state index is 11.5. The highest BCUT2D eigenvalue weighted by molar-refractivity contribution is 5.78. The van der Waals surface area contributed by atoms with E-state index in [0.717, 1.165) is 25.9 Å². The van der Waals surface area contributed by atoms with Gasteiger partial charge >= 0.3 is 0 Å². The summed E-state index contributed by atoms with van der Waals surface area (Å²) in [5, 5.41) is 6.20. The maximum Gasteiger partial charge on any atom is 0.234 e. The minimum Gasteiger partial charge on any atom is -0.353 e. The van der Waals surface area contributed by atoms with Gasteiger partial charge in [-0.25, -0.2) is 0 Å². The van der Waals surface area contributed by atoms with Crippen molar-refractivity contribution in [2.45, 2.75) is 38.8 Å². The van der Waals surface area contributed by atoms with E-state index in [9.17, 15) is 4.79 Å². The smallest absolute Gasteiger partial charge is 0.234 e. The molecule has 88 valence electrons. The summed E-state index contributed by atoms with van der Waals surface area (Å²) < 4.78 is 0. The zero-order chi connectivity index (χ0) is 11.3. The number of rotatable bonds is 4. The first-order valence-corrected chi connectivity index (χ1v) is 5.80. The van der Waals surface area contributed by atoms with E-state index in [1.165, 1.54) is 0 Å². The summed E-state index contributed by atoms with van der Waals surface area (Å²) in [5.74, 6) is 0.146. The van der Waals surface area contributed by atoms with E-state index < -0.39 is 0 Å². The molecule has 4 heteroatoms. The highest BCUT2D eigenvalue weighted by Gasteiger charge is 2.19. The SMILES string of the molecule is CNC1CCN(CC(=O)NC(C)C)CC1. The molecule has 0 unspecified atom stereocenters. The first-order valence-electron chi connectivity index (χ1n) is 5.80. The standard InChI is InChI=1S/C11H23N3O/c1-9(2)13-11(15)8-14-6-4-10(12-3)5-7-14/h9-10,12H,4-8H2,1-3H3,(H,13,15). The van der Waals surface area contributed by atoms with Crippen LogP contribution in [0.15, 0.2) is 0 Å². The van der Waals surface area contributed by atoms with Crippen molar-refractivity contribution in [1.29, 1.82) is 0 Å². The van der Waals surface area contributed by atoms with Crippen molar-refractivity contribution in [3.05, 3.63) is 0 Å². The van der Waals surface area contributed by atoms with E-state index in [1.54, 1.807) is 0 Å². The van der Waals surface area contributed by atoms with Gasteiger partial charge in [-0.2, -0.15) is 0 Å². The second-order valence-corrected chi connectivity index (χ2v) is 4.56. The Morgan fingerprint density at radius 3 is 2.47 bits per heavy atom. The van der Waals surface area contributed by atoms with Crippen LogP contribution in [0.5, 0.6) is 0 Å². The average molecular weight is 213 g/mol. The summed E-state index contributed by atoms with van der Waals surface area (Å²) in [5.41, 5.74) is 0. The Morgan fingerprint density at radius 2 is 2.00 bits per heavy atom. The summed E-state index contributed by atoms with van der Waals surface area (Å²) in [6.07, 6.45) is 2.29. The highest BCUT2D eigenvalue weighted by atomic mass is 16.2. The predicted molar refractivity (Wildman–Crippen MR) is 61.8 cm³/mol. The van der Waals surface area contributed by atoms with Gasteiger partial charge < -0.3 is 10.6 Å². The van der Waals surface area contributed by atoms with Crippen molar-refractivity contribution in [1.82, 2.24) is 15.5 Å². The summed E-state index contributed by atoms with van der Waals surface area (Å²) >= 11 is 0. The largest absolute Gasteiger partial charge is 0.353 e. The van der Waals surface area contributed by atoms with E-state index >= 15 is 0 Å². The summed E-state index contributed by atoms with van der Waals surface area (Å²) in [6, 6.07) is 0.877. The van der Waals surface area contributed by atoms with Crippen LogP contribution in [-0.4, -0.2) is 49.6 Å². The molecule has 15 heavy (non-hydrogen) atoms. The predicted octanol–water partition coefficient (Wildman–Crippen LogP) is 0.195. The molecule has 1 aliphatic heterocycles. The number of carbonyl (C=O) groups is 1. The number of hydrogen-bond donors (Lipinski definition) is 2. The number of likely N-dealkylation sites (tertiary alicyclic amines) is 1. The van der Waals surface area contributed by atoms with Crippen molar-refractivity contribution < 1.29 is 4.79 Å². The molecule has 0 aromatic heterocycles. The molecule has 1 amide bonds. The van der Waals surface area contributed by atoms with Gasteiger partial charge in [0.15, 0.2) is 0 Å². The van der Waals surface area contributed by atoms with E-state index in [1.807, 2.05) is 20.9 Å². The van der Waals surface area contributed by atoms with E-state index in [4.69, 9.17) is 0 Å². The first kappa shape index (κ1) is 12.5. The van der Waals surface area contributed by atoms with Gasteiger partial charge in [0.1, 0.15) is 0 Å². The maximum absolute atomic E-state index is 11.5. The van der Waals surface area contributed by atoms with E-state index in [0.29, 0.717) is 12.6 Å². The molecule has 0 saturated carbocycles. The Morgan fingerprint density at radius 1 is 1.40 bits per heavy atom. The molecule has 0 aromatic carbocycles. The van der Waals surface area contributed by atoms with Crippen molar-refractivity contribution in [3.8, 4) is 0 Å². The van der Waals surface area contributed by atoms with Crippen LogP contribution >= 0.6 is 0 Å². The topological polar surface area (TPSA) is 44.4 Å². The van der Waals surface area contributed by atoms with Crippen LogP contribution in [0.4, 0.5) is 0 Å². The number of piperidine rings is 1. The second-order valence-electron chi connectivity index (χ2n) is 4.56. The van der Waals surface area contributed by atoms with Gasteiger partial charge in [0, 0.05) is 25.2 Å². The number of nitrogens with one attached hydrogen (secondary N) is 2. The molecule has 0 aromatic rings. The van der Waals surface area contributed by atoms with E-state index in [2.05, 4.69) is 15.5 Å². The van der Waals surface area contributed by atoms with Crippen LogP contribution in [0.3, 0.4) is 0 Å². The van der Waals surface area contributed by atoms with Crippen LogP contribution < -0.4 is 10.6 Å². The summed E-state index contributed by atoms with van der Waals surface area (Å²) in [6.45, 7) is 6.58. The van der Waals surface area contributed by atoms with Crippen LogP contribution in [0.2, 0.25) is 0 Å². The van der Waals surface area contributed by atoms with Gasteiger partial charge in [-0.05, 0) is 33.7 Å². The first-order chi connectivity index (χ1) is 7.11. The molecule has 4 nitrogen and oxygen atoms in total. The third-order valence-corrected chi connectivity index (χ3v) is 2.81. The minimum absolute atomic E-state index is 0.146. The normalized spacial score (nSPS) is 19.5. The van der Waals surface area contributed by atoms with Crippen LogP contribution in [0, 0.1) is 0 Å². The van der Waals surface area contributed by atoms with Crippen molar-refractivity contribution in [3.63, 3.8) is 0 Å². The lowest BCUT2D eigenvalue weighted by molar-refractivity contribution is -0.123. The lowest BCUT2D eigenvalue weighted by Gasteiger charge is -2.31. The van der Waals surface area contributed by atoms with Crippen LogP contribution in [0.25, 0.3) is 0 Å². The second kappa shape index (κ2) is 6.08. The summed E-state index contributed by atoms with van der Waals surface area (Å²) in [7, 11) is 2.01. The van der Waals surface area contributed by atoms with Crippen molar-refractivity contribution >= 4 is 5.91 Å². The molecule has 2 N–H and O–H groups in total. The fraction of sp³-hybridized carbons (Fsp3) is 0.909. The molecule has 1 rings (SSSR count). The zero-order valence-electron chi connectivity index (χ0n) is 10.0. The molecular weight excluding hydrogens is 190 g/mol. The Labute approximate surface area is 92.4 Å². The van der Waals surface area contributed by atoms with Crippen LogP contribution in [0.1, 0.15) is 26.7 Å². The molecule has 1 saturated heterocycles. The fourth-order valence-corrected chi connectivity index (χ4v) is 1.95. The van der Waals surface area contributed by atoms with Gasteiger partial charge in [0.2, 0.25) is 5.91 Å². The summed E-state index contributed by atoms with van der Waals surface area (Å²) in [4.78, 5) is 13.7. The molecule has 0 bridgehead atoms. The molecule has 0 spiro atoms. The van der Waals surface area contributed by atoms with Crippen molar-refractivity contribution in [2.75, 3.05) is 26.7 Å². The molecule has 1 heterocycles.